The highest BCUT2D eigenvalue weighted by Crippen LogP contribution is 2.30. The third-order valence-electron chi connectivity index (χ3n) is 2.60. The first-order valence-electron chi connectivity index (χ1n) is 5.15. The first-order chi connectivity index (χ1) is 7.58. The molecule has 16 heavy (non-hydrogen) atoms. The minimum absolute atomic E-state index is 0.284. The zero-order valence-electron chi connectivity index (χ0n) is 9.17. The molecule has 0 aromatic rings. The van der Waals surface area contributed by atoms with Crippen molar-refractivity contribution in [3.8, 4) is 0 Å². The number of hydrogen-bond donors (Lipinski definition) is 0. The van der Waals surface area contributed by atoms with Crippen LogP contribution in [0.4, 0.5) is 0 Å². The lowest BCUT2D eigenvalue weighted by Gasteiger charge is -2.16. The Bertz CT molecular complexity index is 272. The van der Waals surface area contributed by atoms with Crippen LogP contribution in [0.5, 0.6) is 0 Å². The van der Waals surface area contributed by atoms with Crippen molar-refractivity contribution in [3.05, 3.63) is 0 Å². The fourth-order valence-corrected chi connectivity index (χ4v) is 2.06. The van der Waals surface area contributed by atoms with Crippen LogP contribution in [0.15, 0.2) is 0 Å². The van der Waals surface area contributed by atoms with Gasteiger partial charge in [-0.1, -0.05) is 0 Å². The van der Waals surface area contributed by atoms with E-state index >= 15 is 0 Å². The molecule has 0 aromatic carbocycles. The Morgan fingerprint density at radius 2 is 1.31 bits per heavy atom. The maximum Gasteiger partial charge on any atom is 0.303 e. The smallest absolute Gasteiger partial charge is 0.303 e. The van der Waals surface area contributed by atoms with Gasteiger partial charge in [-0.3, -0.25) is 9.59 Å². The van der Waals surface area contributed by atoms with Crippen molar-refractivity contribution in [2.75, 3.05) is 13.2 Å². The first-order valence-corrected chi connectivity index (χ1v) is 5.15. The molecule has 0 bridgehead atoms. The lowest BCUT2D eigenvalue weighted by molar-refractivity contribution is -0.152. The van der Waals surface area contributed by atoms with E-state index in [0.29, 0.717) is 0 Å². The third-order valence-corrected chi connectivity index (χ3v) is 2.60. The summed E-state index contributed by atoms with van der Waals surface area (Å²) < 4.78 is 20.9. The number of fused-ring (bicyclic) bond motifs is 1. The molecule has 0 amide bonds. The number of esters is 2. The van der Waals surface area contributed by atoms with Gasteiger partial charge in [0.05, 0.1) is 13.2 Å². The van der Waals surface area contributed by atoms with Crippen molar-refractivity contribution in [1.29, 1.82) is 0 Å². The fourth-order valence-electron chi connectivity index (χ4n) is 2.06. The van der Waals surface area contributed by atoms with Gasteiger partial charge in [0.2, 0.25) is 0 Å². The maximum absolute atomic E-state index is 10.8. The molecule has 4 atom stereocenters. The van der Waals surface area contributed by atoms with Gasteiger partial charge in [-0.2, -0.15) is 0 Å². The Labute approximate surface area is 92.8 Å². The highest BCUT2D eigenvalue weighted by Gasteiger charge is 2.50. The summed E-state index contributed by atoms with van der Waals surface area (Å²) in [6.45, 7) is 3.25. The van der Waals surface area contributed by atoms with E-state index in [1.165, 1.54) is 13.8 Å². The Balaban J connectivity index is 1.95. The van der Waals surface area contributed by atoms with Crippen LogP contribution in [0.25, 0.3) is 0 Å². The molecule has 2 rings (SSSR count). The Morgan fingerprint density at radius 1 is 0.938 bits per heavy atom. The lowest BCUT2D eigenvalue weighted by atomic mass is 10.1. The molecule has 0 saturated carbocycles. The number of ether oxygens (including phenoxy) is 4. The molecule has 2 aliphatic heterocycles. The average Bonchev–Trinajstić information content (AvgIpc) is 2.70. The van der Waals surface area contributed by atoms with E-state index in [1.807, 2.05) is 0 Å². The molecule has 6 nitrogen and oxygen atoms in total. The molecule has 2 aliphatic rings. The molecule has 2 fully saturated rings. The number of hydrogen-bond acceptors (Lipinski definition) is 6. The molecule has 0 aromatic heterocycles. The molecule has 2 unspecified atom stereocenters. The van der Waals surface area contributed by atoms with E-state index in [2.05, 4.69) is 0 Å². The fraction of sp³-hybridized carbons (Fsp3) is 0.800. The number of carbonyl (C=O) groups is 2. The molecule has 6 heteroatoms. The van der Waals surface area contributed by atoms with Gasteiger partial charge in [0.15, 0.2) is 12.2 Å². The van der Waals surface area contributed by atoms with Gasteiger partial charge in [0.1, 0.15) is 12.2 Å². The molecular weight excluding hydrogens is 216 g/mol. The largest absolute Gasteiger partial charge is 0.457 e. The van der Waals surface area contributed by atoms with Gasteiger partial charge in [-0.15, -0.1) is 0 Å². The van der Waals surface area contributed by atoms with E-state index in [-0.39, 0.29) is 37.4 Å². The standard InChI is InChI=1S/C10H14O6/c1-5(11)15-7-3-13-10-8(16-6(2)12)4-14-9(7)10/h7-10H,3-4H2,1-2H3/t7-,8-,9?,10?/m0/s1. The second-order valence-electron chi connectivity index (χ2n) is 3.89. The second-order valence-corrected chi connectivity index (χ2v) is 3.89. The summed E-state index contributed by atoms with van der Waals surface area (Å²) in [5.41, 5.74) is 0. The summed E-state index contributed by atoms with van der Waals surface area (Å²) >= 11 is 0. The van der Waals surface area contributed by atoms with Crippen molar-refractivity contribution in [2.45, 2.75) is 38.3 Å². The van der Waals surface area contributed by atoms with Crippen LogP contribution in [0.1, 0.15) is 13.8 Å². The minimum atomic E-state index is -0.400. The van der Waals surface area contributed by atoms with Gasteiger partial charge < -0.3 is 18.9 Å². The van der Waals surface area contributed by atoms with Gasteiger partial charge in [0.25, 0.3) is 0 Å². The predicted molar refractivity (Wildman–Crippen MR) is 50.6 cm³/mol. The van der Waals surface area contributed by atoms with Crippen molar-refractivity contribution in [3.63, 3.8) is 0 Å². The summed E-state index contributed by atoms with van der Waals surface area (Å²) in [5, 5.41) is 0. The van der Waals surface area contributed by atoms with Gasteiger partial charge in [0, 0.05) is 13.8 Å². The Hall–Kier alpha value is -1.14. The molecular formula is C10H14O6. The highest BCUT2D eigenvalue weighted by molar-refractivity contribution is 5.66. The van der Waals surface area contributed by atoms with E-state index in [1.54, 1.807) is 0 Å². The van der Waals surface area contributed by atoms with Gasteiger partial charge >= 0.3 is 11.9 Å². The van der Waals surface area contributed by atoms with Crippen LogP contribution >= 0.6 is 0 Å². The van der Waals surface area contributed by atoms with Gasteiger partial charge in [-0.25, -0.2) is 0 Å². The number of carbonyl (C=O) groups excluding carboxylic acids is 2. The zero-order chi connectivity index (χ0) is 11.7. The molecule has 2 heterocycles. The predicted octanol–water partition coefficient (Wildman–Crippen LogP) is -0.353. The van der Waals surface area contributed by atoms with Crippen LogP contribution in [0.2, 0.25) is 0 Å². The van der Waals surface area contributed by atoms with E-state index in [9.17, 15) is 9.59 Å². The van der Waals surface area contributed by atoms with Crippen LogP contribution in [0, 0.1) is 0 Å². The Morgan fingerprint density at radius 3 is 1.62 bits per heavy atom. The Kier molecular flexibility index (Phi) is 3.11. The lowest BCUT2D eigenvalue weighted by Crippen LogP contribution is -2.35. The molecule has 90 valence electrons. The van der Waals surface area contributed by atoms with Crippen molar-refractivity contribution >= 4 is 11.9 Å². The summed E-state index contributed by atoms with van der Waals surface area (Å²) in [6, 6.07) is 0. The zero-order valence-corrected chi connectivity index (χ0v) is 9.17. The number of rotatable bonds is 2. The van der Waals surface area contributed by atoms with Crippen LogP contribution in [-0.2, 0) is 28.5 Å². The molecule has 2 saturated heterocycles. The van der Waals surface area contributed by atoms with Gasteiger partial charge in [-0.05, 0) is 0 Å². The molecule has 0 radical (unpaired) electrons. The van der Waals surface area contributed by atoms with Crippen LogP contribution in [-0.4, -0.2) is 49.6 Å². The maximum atomic E-state index is 10.8. The molecule has 0 spiro atoms. The second kappa shape index (κ2) is 4.39. The van der Waals surface area contributed by atoms with E-state index < -0.39 is 12.2 Å². The van der Waals surface area contributed by atoms with E-state index in [4.69, 9.17) is 18.9 Å². The van der Waals surface area contributed by atoms with Crippen LogP contribution < -0.4 is 0 Å². The molecule has 0 aliphatic carbocycles. The summed E-state index contributed by atoms with van der Waals surface area (Å²) in [6.07, 6.45) is -1.45. The van der Waals surface area contributed by atoms with E-state index in [0.717, 1.165) is 0 Å². The molecule has 0 N–H and O–H groups in total. The average molecular weight is 230 g/mol. The quantitative estimate of drug-likeness (QED) is 0.604. The van der Waals surface area contributed by atoms with Crippen molar-refractivity contribution in [2.24, 2.45) is 0 Å². The third kappa shape index (κ3) is 2.17. The highest BCUT2D eigenvalue weighted by atomic mass is 16.7. The normalized spacial score (nSPS) is 36.9. The monoisotopic (exact) mass is 230 g/mol. The van der Waals surface area contributed by atoms with Crippen LogP contribution in [0.3, 0.4) is 0 Å². The minimum Gasteiger partial charge on any atom is -0.457 e. The SMILES string of the molecule is CC(=O)O[C@H]1COC2C1OC[C@@H]2OC(C)=O. The first kappa shape index (κ1) is 11.3. The summed E-state index contributed by atoms with van der Waals surface area (Å²) in [5.74, 6) is -0.734. The van der Waals surface area contributed by atoms with Crippen molar-refractivity contribution < 1.29 is 28.5 Å². The topological polar surface area (TPSA) is 71.1 Å². The summed E-state index contributed by atoms with van der Waals surface area (Å²) in [4.78, 5) is 21.7. The van der Waals surface area contributed by atoms with Crippen molar-refractivity contribution in [1.82, 2.24) is 0 Å². The summed E-state index contributed by atoms with van der Waals surface area (Å²) in [7, 11) is 0.